The lowest BCUT2D eigenvalue weighted by Crippen LogP contribution is -2.49. The van der Waals surface area contributed by atoms with Crippen LogP contribution in [0.5, 0.6) is 11.5 Å². The van der Waals surface area contributed by atoms with Gasteiger partial charge in [-0.25, -0.2) is 8.42 Å². The molecule has 4 rings (SSSR count). The second kappa shape index (κ2) is 10.3. The highest BCUT2D eigenvalue weighted by Crippen LogP contribution is 2.40. The molecule has 2 aromatic carbocycles. The number of nitrogens with zero attached hydrogens (tertiary/aromatic N) is 3. The van der Waals surface area contributed by atoms with Gasteiger partial charge in [0.2, 0.25) is 5.13 Å². The number of fused-ring (bicyclic) bond motifs is 1. The van der Waals surface area contributed by atoms with E-state index in [1.165, 1.54) is 46.6 Å². The summed E-state index contributed by atoms with van der Waals surface area (Å²) in [6, 6.07) is 11.6. The predicted molar refractivity (Wildman–Crippen MR) is 142 cm³/mol. The molecule has 1 aliphatic rings. The Balaban J connectivity index is 1.70. The van der Waals surface area contributed by atoms with Crippen LogP contribution in [0.4, 0.5) is 10.8 Å². The standard InChI is InChI=1S/C24H28N4O5S3/c1-6-34-23-27-26-22(35-23)25-21(29)20-14-28(36(30,31)17-10-8-16(32-5)9-11-17)18-13-15(24(2,3)4)7-12-19(18)33-20/h7-13,20H,6,14H2,1-5H3,(H,25,26,29)/t20-/m0/s1. The highest BCUT2D eigenvalue weighted by molar-refractivity contribution is 8.01. The van der Waals surface area contributed by atoms with Crippen molar-refractivity contribution in [2.24, 2.45) is 0 Å². The van der Waals surface area contributed by atoms with E-state index in [4.69, 9.17) is 9.47 Å². The number of anilines is 2. The first-order valence-corrected chi connectivity index (χ1v) is 14.5. The molecule has 0 radical (unpaired) electrons. The number of sulfonamides is 1. The van der Waals surface area contributed by atoms with Crippen molar-refractivity contribution < 1.29 is 22.7 Å². The van der Waals surface area contributed by atoms with Crippen molar-refractivity contribution in [2.75, 3.05) is 29.0 Å². The van der Waals surface area contributed by atoms with Crippen LogP contribution in [-0.2, 0) is 20.2 Å². The number of hydrogen-bond donors (Lipinski definition) is 1. The largest absolute Gasteiger partial charge is 0.497 e. The van der Waals surface area contributed by atoms with Crippen molar-refractivity contribution in [1.82, 2.24) is 10.2 Å². The van der Waals surface area contributed by atoms with Crippen LogP contribution in [0.2, 0.25) is 0 Å². The van der Waals surface area contributed by atoms with Crippen molar-refractivity contribution >= 4 is 49.8 Å². The van der Waals surface area contributed by atoms with Gasteiger partial charge in [-0.15, -0.1) is 10.2 Å². The molecule has 12 heteroatoms. The van der Waals surface area contributed by atoms with E-state index in [1.807, 2.05) is 39.8 Å². The van der Waals surface area contributed by atoms with Crippen LogP contribution in [0, 0.1) is 0 Å². The maximum Gasteiger partial charge on any atom is 0.269 e. The molecular formula is C24H28N4O5S3. The molecule has 1 amide bonds. The molecule has 0 spiro atoms. The zero-order valence-corrected chi connectivity index (χ0v) is 23.1. The Morgan fingerprint density at radius 2 is 1.94 bits per heavy atom. The van der Waals surface area contributed by atoms with Gasteiger partial charge in [0.1, 0.15) is 11.5 Å². The number of carbonyl (C=O) groups excluding carboxylic acids is 1. The number of nitrogens with one attached hydrogen (secondary N) is 1. The molecule has 1 aromatic heterocycles. The van der Waals surface area contributed by atoms with Gasteiger partial charge >= 0.3 is 0 Å². The number of hydrogen-bond acceptors (Lipinski definition) is 9. The summed E-state index contributed by atoms with van der Waals surface area (Å²) < 4.78 is 40.7. The molecule has 9 nitrogen and oxygen atoms in total. The smallest absolute Gasteiger partial charge is 0.269 e. The van der Waals surface area contributed by atoms with Crippen molar-refractivity contribution in [3.8, 4) is 11.5 Å². The lowest BCUT2D eigenvalue weighted by atomic mass is 9.86. The van der Waals surface area contributed by atoms with Crippen molar-refractivity contribution in [3.63, 3.8) is 0 Å². The van der Waals surface area contributed by atoms with E-state index in [-0.39, 0.29) is 16.9 Å². The molecule has 0 unspecified atom stereocenters. The Bertz CT molecular complexity index is 1350. The normalized spacial score (nSPS) is 15.7. The van der Waals surface area contributed by atoms with E-state index < -0.39 is 22.0 Å². The van der Waals surface area contributed by atoms with Gasteiger partial charge in [0.15, 0.2) is 10.4 Å². The summed E-state index contributed by atoms with van der Waals surface area (Å²) in [5.41, 5.74) is 1.11. The van der Waals surface area contributed by atoms with Gasteiger partial charge in [-0.1, -0.05) is 56.9 Å². The molecule has 1 atom stereocenters. The van der Waals surface area contributed by atoms with Gasteiger partial charge in [-0.2, -0.15) is 0 Å². The van der Waals surface area contributed by atoms with Gasteiger partial charge in [0, 0.05) is 0 Å². The molecule has 1 N–H and O–H groups in total. The summed E-state index contributed by atoms with van der Waals surface area (Å²) in [6.45, 7) is 7.94. The van der Waals surface area contributed by atoms with E-state index in [1.54, 1.807) is 18.2 Å². The van der Waals surface area contributed by atoms with E-state index in [0.717, 1.165) is 15.7 Å². The second-order valence-corrected chi connectivity index (χ2v) is 13.4. The van der Waals surface area contributed by atoms with Gasteiger partial charge in [0.25, 0.3) is 15.9 Å². The van der Waals surface area contributed by atoms with Crippen LogP contribution < -0.4 is 19.1 Å². The van der Waals surface area contributed by atoms with E-state index in [0.29, 0.717) is 22.3 Å². The summed E-state index contributed by atoms with van der Waals surface area (Å²) >= 11 is 2.78. The lowest BCUT2D eigenvalue weighted by molar-refractivity contribution is -0.122. The number of aromatic nitrogens is 2. The van der Waals surface area contributed by atoms with Gasteiger partial charge in [-0.05, 0) is 53.1 Å². The van der Waals surface area contributed by atoms with Crippen LogP contribution >= 0.6 is 23.1 Å². The third kappa shape index (κ3) is 5.45. The maximum absolute atomic E-state index is 13.8. The molecular weight excluding hydrogens is 520 g/mol. The predicted octanol–water partition coefficient (Wildman–Crippen LogP) is 4.55. The first kappa shape index (κ1) is 26.2. The number of thioether (sulfide) groups is 1. The van der Waals surface area contributed by atoms with Crippen molar-refractivity contribution in [1.29, 1.82) is 0 Å². The number of methoxy groups -OCH3 is 1. The first-order valence-electron chi connectivity index (χ1n) is 11.3. The molecule has 0 bridgehead atoms. The summed E-state index contributed by atoms with van der Waals surface area (Å²) in [5.74, 6) is 1.19. The van der Waals surface area contributed by atoms with E-state index in [2.05, 4.69) is 15.5 Å². The number of rotatable bonds is 7. The average molecular weight is 549 g/mol. The third-order valence-electron chi connectivity index (χ3n) is 5.54. The fourth-order valence-corrected chi connectivity index (χ4v) is 6.70. The fourth-order valence-electron chi connectivity index (χ4n) is 3.58. The minimum absolute atomic E-state index is 0.0850. The fraction of sp³-hybridized carbons (Fsp3) is 0.375. The molecule has 0 saturated heterocycles. The number of benzene rings is 2. The summed E-state index contributed by atoms with van der Waals surface area (Å²) in [5, 5.41) is 11.1. The zero-order chi connectivity index (χ0) is 26.1. The maximum atomic E-state index is 13.8. The van der Waals surface area contributed by atoms with Crippen LogP contribution in [0.1, 0.15) is 33.3 Å². The molecule has 36 heavy (non-hydrogen) atoms. The molecule has 1 aliphatic heterocycles. The summed E-state index contributed by atoms with van der Waals surface area (Å²) in [4.78, 5) is 13.2. The molecule has 192 valence electrons. The number of carbonyl (C=O) groups is 1. The van der Waals surface area contributed by atoms with Crippen LogP contribution in [0.25, 0.3) is 0 Å². The Kier molecular flexibility index (Phi) is 7.48. The van der Waals surface area contributed by atoms with Crippen molar-refractivity contribution in [3.05, 3.63) is 48.0 Å². The zero-order valence-electron chi connectivity index (χ0n) is 20.6. The highest BCUT2D eigenvalue weighted by atomic mass is 32.2. The molecule has 3 aromatic rings. The van der Waals surface area contributed by atoms with Gasteiger partial charge < -0.3 is 9.47 Å². The van der Waals surface area contributed by atoms with Crippen molar-refractivity contribution in [2.45, 2.75) is 48.4 Å². The molecule has 0 fully saturated rings. The number of amides is 1. The summed E-state index contributed by atoms with van der Waals surface area (Å²) in [6.07, 6.45) is -1.09. The van der Waals surface area contributed by atoms with Crippen LogP contribution in [0.3, 0.4) is 0 Å². The van der Waals surface area contributed by atoms with Crippen LogP contribution in [0.15, 0.2) is 51.7 Å². The third-order valence-corrected chi connectivity index (χ3v) is 9.19. The second-order valence-electron chi connectivity index (χ2n) is 9.05. The highest BCUT2D eigenvalue weighted by Gasteiger charge is 2.38. The van der Waals surface area contributed by atoms with Gasteiger partial charge in [0.05, 0.1) is 24.2 Å². The van der Waals surface area contributed by atoms with E-state index in [9.17, 15) is 13.2 Å². The average Bonchev–Trinajstić information content (AvgIpc) is 3.29. The topological polar surface area (TPSA) is 111 Å². The lowest BCUT2D eigenvalue weighted by Gasteiger charge is -2.35. The minimum Gasteiger partial charge on any atom is -0.497 e. The molecule has 2 heterocycles. The minimum atomic E-state index is -4.02. The Morgan fingerprint density at radius 1 is 1.22 bits per heavy atom. The monoisotopic (exact) mass is 548 g/mol. The SMILES string of the molecule is CCSc1nnc(NC(=O)[C@@H]2CN(S(=O)(=O)c3ccc(OC)cc3)c3cc(C(C)(C)C)ccc3O2)s1. The Labute approximate surface area is 219 Å². The number of ether oxygens (including phenoxy) is 2. The first-order chi connectivity index (χ1) is 17.0. The van der Waals surface area contributed by atoms with E-state index >= 15 is 0 Å². The quantitative estimate of drug-likeness (QED) is 0.338. The Morgan fingerprint density at radius 3 is 2.58 bits per heavy atom. The summed E-state index contributed by atoms with van der Waals surface area (Å²) in [7, 11) is -2.50. The molecule has 0 saturated carbocycles. The Hall–Kier alpha value is -2.83. The van der Waals surface area contributed by atoms with Gasteiger partial charge in [-0.3, -0.25) is 14.4 Å². The van der Waals surface area contributed by atoms with Crippen LogP contribution in [-0.4, -0.2) is 50.0 Å². The molecule has 0 aliphatic carbocycles.